The predicted octanol–water partition coefficient (Wildman–Crippen LogP) is 2.08. The molecular formula is C8H5BrF2N2O. The molecule has 0 atom stereocenters. The number of alkyl halides is 3. The summed E-state index contributed by atoms with van der Waals surface area (Å²) in [7, 11) is 0. The zero-order valence-electron chi connectivity index (χ0n) is 6.85. The molecule has 3 nitrogen and oxygen atoms in total. The quantitative estimate of drug-likeness (QED) is 0.830. The number of aromatic amines is 1. The van der Waals surface area contributed by atoms with Crippen LogP contribution < -0.4 is 5.43 Å². The largest absolute Gasteiger partial charge is 0.349 e. The van der Waals surface area contributed by atoms with Crippen molar-refractivity contribution in [2.75, 3.05) is 0 Å². The number of nitriles is 1. The van der Waals surface area contributed by atoms with E-state index in [2.05, 4.69) is 20.9 Å². The van der Waals surface area contributed by atoms with E-state index in [9.17, 15) is 13.6 Å². The van der Waals surface area contributed by atoms with Crippen LogP contribution in [0.4, 0.5) is 8.78 Å². The lowest BCUT2D eigenvalue weighted by molar-refractivity contribution is 0.149. The second-order valence-corrected chi connectivity index (χ2v) is 3.05. The topological polar surface area (TPSA) is 56.6 Å². The first-order valence-corrected chi connectivity index (χ1v) is 4.72. The van der Waals surface area contributed by atoms with Crippen LogP contribution in [0.1, 0.15) is 23.4 Å². The van der Waals surface area contributed by atoms with Crippen LogP contribution >= 0.6 is 15.9 Å². The normalized spacial score (nSPS) is 10.2. The van der Waals surface area contributed by atoms with E-state index in [1.165, 1.54) is 6.07 Å². The first-order valence-electron chi connectivity index (χ1n) is 3.60. The summed E-state index contributed by atoms with van der Waals surface area (Å²) in [6.07, 6.45) is -2.93. The molecule has 0 aliphatic rings. The van der Waals surface area contributed by atoms with Gasteiger partial charge in [0, 0.05) is 17.1 Å². The van der Waals surface area contributed by atoms with Gasteiger partial charge in [0.25, 0.3) is 6.43 Å². The van der Waals surface area contributed by atoms with Crippen LogP contribution in [-0.4, -0.2) is 4.98 Å². The van der Waals surface area contributed by atoms with Crippen LogP contribution in [0.25, 0.3) is 0 Å². The summed E-state index contributed by atoms with van der Waals surface area (Å²) in [5.41, 5.74) is -1.56. The lowest BCUT2D eigenvalue weighted by Crippen LogP contribution is -2.14. The van der Waals surface area contributed by atoms with Gasteiger partial charge in [-0.05, 0) is 0 Å². The third-order valence-electron chi connectivity index (χ3n) is 1.60. The molecule has 1 rings (SSSR count). The highest BCUT2D eigenvalue weighted by Crippen LogP contribution is 2.18. The van der Waals surface area contributed by atoms with E-state index < -0.39 is 17.4 Å². The van der Waals surface area contributed by atoms with E-state index in [1.807, 2.05) is 0 Å². The number of pyridine rings is 1. The lowest BCUT2D eigenvalue weighted by atomic mass is 10.2. The molecule has 1 heterocycles. The molecule has 74 valence electrons. The molecule has 0 aromatic carbocycles. The summed E-state index contributed by atoms with van der Waals surface area (Å²) < 4.78 is 24.7. The minimum absolute atomic E-state index is 0.306. The van der Waals surface area contributed by atoms with Gasteiger partial charge in [-0.3, -0.25) is 4.79 Å². The molecule has 1 aromatic rings. The standard InChI is InChI=1S/C8H5BrF2N2O/c9-2-4-1-6(14)7(8(10)11)5(3-12)13-4/h1,8H,2H2,(H,13,14). The minimum atomic E-state index is -2.93. The minimum Gasteiger partial charge on any atom is -0.349 e. The van der Waals surface area contributed by atoms with Crippen molar-refractivity contribution in [2.24, 2.45) is 0 Å². The smallest absolute Gasteiger partial charge is 0.270 e. The highest BCUT2D eigenvalue weighted by Gasteiger charge is 2.18. The fourth-order valence-corrected chi connectivity index (χ4v) is 1.30. The van der Waals surface area contributed by atoms with Crippen molar-refractivity contribution in [3.63, 3.8) is 0 Å². The summed E-state index contributed by atoms with van der Waals surface area (Å²) in [5, 5.41) is 8.85. The summed E-state index contributed by atoms with van der Waals surface area (Å²) in [4.78, 5) is 13.6. The van der Waals surface area contributed by atoms with Crippen LogP contribution in [0.3, 0.4) is 0 Å². The zero-order valence-corrected chi connectivity index (χ0v) is 8.44. The van der Waals surface area contributed by atoms with Crippen LogP contribution in [0.5, 0.6) is 0 Å². The van der Waals surface area contributed by atoms with Gasteiger partial charge in [0.05, 0.1) is 5.56 Å². The molecule has 0 radical (unpaired) electrons. The summed E-state index contributed by atoms with van der Waals surface area (Å²) in [6.45, 7) is 0. The molecule has 0 saturated carbocycles. The Labute approximate surface area is 86.5 Å². The Morgan fingerprint density at radius 2 is 2.29 bits per heavy atom. The summed E-state index contributed by atoms with van der Waals surface area (Å²) in [6, 6.07) is 2.59. The van der Waals surface area contributed by atoms with Crippen molar-refractivity contribution in [1.82, 2.24) is 4.98 Å². The van der Waals surface area contributed by atoms with Crippen LogP contribution in [-0.2, 0) is 5.33 Å². The third-order valence-corrected chi connectivity index (χ3v) is 2.20. The molecule has 1 N–H and O–H groups in total. The molecule has 0 amide bonds. The Bertz CT molecular complexity index is 436. The van der Waals surface area contributed by atoms with E-state index in [4.69, 9.17) is 5.26 Å². The van der Waals surface area contributed by atoms with Crippen molar-refractivity contribution in [1.29, 1.82) is 5.26 Å². The highest BCUT2D eigenvalue weighted by molar-refractivity contribution is 9.08. The molecule has 0 bridgehead atoms. The van der Waals surface area contributed by atoms with Crippen molar-refractivity contribution < 1.29 is 8.78 Å². The molecular weight excluding hydrogens is 258 g/mol. The van der Waals surface area contributed by atoms with Gasteiger partial charge in [0.1, 0.15) is 11.8 Å². The number of H-pyrrole nitrogens is 1. The predicted molar refractivity (Wildman–Crippen MR) is 49.4 cm³/mol. The summed E-state index contributed by atoms with van der Waals surface area (Å²) in [5.74, 6) is 0. The number of rotatable bonds is 2. The Kier molecular flexibility index (Phi) is 3.36. The van der Waals surface area contributed by atoms with E-state index in [0.717, 1.165) is 6.07 Å². The van der Waals surface area contributed by atoms with Gasteiger partial charge < -0.3 is 4.98 Å². The highest BCUT2D eigenvalue weighted by atomic mass is 79.9. The van der Waals surface area contributed by atoms with E-state index in [0.29, 0.717) is 11.0 Å². The number of nitrogens with one attached hydrogen (secondary N) is 1. The maximum Gasteiger partial charge on any atom is 0.270 e. The number of nitrogens with zero attached hydrogens (tertiary/aromatic N) is 1. The maximum absolute atomic E-state index is 12.3. The summed E-state index contributed by atoms with van der Waals surface area (Å²) >= 11 is 3.05. The van der Waals surface area contributed by atoms with Gasteiger partial charge in [-0.25, -0.2) is 8.78 Å². The van der Waals surface area contributed by atoms with Crippen molar-refractivity contribution in [3.05, 3.63) is 33.2 Å². The molecule has 6 heteroatoms. The maximum atomic E-state index is 12.3. The Hall–Kier alpha value is -1.22. The van der Waals surface area contributed by atoms with Crippen molar-refractivity contribution in [2.45, 2.75) is 11.8 Å². The molecule has 0 spiro atoms. The lowest BCUT2D eigenvalue weighted by Gasteiger charge is -2.03. The fraction of sp³-hybridized carbons (Fsp3) is 0.250. The Morgan fingerprint density at radius 3 is 2.71 bits per heavy atom. The molecule has 0 saturated heterocycles. The fourth-order valence-electron chi connectivity index (χ4n) is 1.000. The van der Waals surface area contributed by atoms with Gasteiger partial charge in [-0.15, -0.1) is 0 Å². The SMILES string of the molecule is N#Cc1[nH]c(CBr)cc(=O)c1C(F)F. The second kappa shape index (κ2) is 4.33. The van der Waals surface area contributed by atoms with Gasteiger partial charge in [-0.2, -0.15) is 5.26 Å². The second-order valence-electron chi connectivity index (χ2n) is 2.49. The third kappa shape index (κ3) is 1.99. The monoisotopic (exact) mass is 262 g/mol. The molecule has 0 fully saturated rings. The van der Waals surface area contributed by atoms with Crippen molar-refractivity contribution >= 4 is 15.9 Å². The van der Waals surface area contributed by atoms with Gasteiger partial charge >= 0.3 is 0 Å². The Morgan fingerprint density at radius 1 is 1.64 bits per heavy atom. The van der Waals surface area contributed by atoms with Crippen LogP contribution in [0, 0.1) is 11.3 Å². The van der Waals surface area contributed by atoms with Gasteiger partial charge in [-0.1, -0.05) is 15.9 Å². The van der Waals surface area contributed by atoms with Gasteiger partial charge in [0.15, 0.2) is 5.43 Å². The average Bonchev–Trinajstić information content (AvgIpc) is 2.15. The van der Waals surface area contributed by atoms with Gasteiger partial charge in [0.2, 0.25) is 0 Å². The Balaban J connectivity index is 3.45. The van der Waals surface area contributed by atoms with E-state index >= 15 is 0 Å². The van der Waals surface area contributed by atoms with Crippen molar-refractivity contribution in [3.8, 4) is 6.07 Å². The molecule has 0 aliphatic carbocycles. The van der Waals surface area contributed by atoms with Crippen LogP contribution in [0.2, 0.25) is 0 Å². The first kappa shape index (κ1) is 10.9. The van der Waals surface area contributed by atoms with E-state index in [1.54, 1.807) is 0 Å². The average molecular weight is 263 g/mol. The molecule has 14 heavy (non-hydrogen) atoms. The molecule has 0 unspecified atom stereocenters. The number of hydrogen-bond donors (Lipinski definition) is 1. The molecule has 0 aliphatic heterocycles. The molecule has 1 aromatic heterocycles. The number of hydrogen-bond acceptors (Lipinski definition) is 2. The number of halogens is 3. The zero-order chi connectivity index (χ0) is 10.7. The van der Waals surface area contributed by atoms with E-state index in [-0.39, 0.29) is 5.69 Å². The first-order chi connectivity index (χ1) is 6.60. The van der Waals surface area contributed by atoms with Crippen LogP contribution in [0.15, 0.2) is 10.9 Å². The number of aromatic nitrogens is 1.